The molecule has 0 bridgehead atoms. The van der Waals surface area contributed by atoms with Crippen LogP contribution >= 0.6 is 11.8 Å². The van der Waals surface area contributed by atoms with Crippen LogP contribution in [0.4, 0.5) is 0 Å². The van der Waals surface area contributed by atoms with Gasteiger partial charge >= 0.3 is 0 Å². The molecule has 7 heteroatoms. The summed E-state index contributed by atoms with van der Waals surface area (Å²) in [6.07, 6.45) is 0. The van der Waals surface area contributed by atoms with Gasteiger partial charge in [0.25, 0.3) is 5.22 Å². The molecule has 0 fully saturated rings. The Kier molecular flexibility index (Phi) is 6.36. The highest BCUT2D eigenvalue weighted by Crippen LogP contribution is 2.27. The van der Waals surface area contributed by atoms with Crippen LogP contribution in [0.5, 0.6) is 0 Å². The van der Waals surface area contributed by atoms with Crippen LogP contribution in [0.1, 0.15) is 40.3 Å². The molecule has 1 atom stereocenters. The SMILES string of the molecule is COCC(C)n1c(C)cc(C(=O)CSc2nnc(-c3ccccc3C)o2)c1C. The highest BCUT2D eigenvalue weighted by molar-refractivity contribution is 7.99. The van der Waals surface area contributed by atoms with Gasteiger partial charge in [-0.25, -0.2) is 0 Å². The van der Waals surface area contributed by atoms with Gasteiger partial charge in [0.1, 0.15) is 0 Å². The van der Waals surface area contributed by atoms with Crippen molar-refractivity contribution in [1.82, 2.24) is 14.8 Å². The number of aromatic nitrogens is 3. The third-order valence-electron chi connectivity index (χ3n) is 4.74. The first kappa shape index (κ1) is 20.4. The number of rotatable bonds is 8. The maximum atomic E-state index is 12.8. The molecule has 0 saturated heterocycles. The minimum absolute atomic E-state index is 0.0459. The van der Waals surface area contributed by atoms with Gasteiger partial charge in [0.2, 0.25) is 5.89 Å². The number of ether oxygens (including phenoxy) is 1. The second-order valence-corrected chi connectivity index (χ2v) is 7.79. The molecule has 148 valence electrons. The molecule has 3 aromatic rings. The first-order chi connectivity index (χ1) is 13.4. The quantitative estimate of drug-likeness (QED) is 0.406. The second kappa shape index (κ2) is 8.75. The van der Waals surface area contributed by atoms with Gasteiger partial charge in [-0.1, -0.05) is 30.0 Å². The Morgan fingerprint density at radius 1 is 1.25 bits per heavy atom. The molecule has 0 aliphatic heterocycles. The zero-order valence-corrected chi connectivity index (χ0v) is 17.7. The van der Waals surface area contributed by atoms with E-state index >= 15 is 0 Å². The maximum absolute atomic E-state index is 12.8. The lowest BCUT2D eigenvalue weighted by atomic mass is 10.1. The van der Waals surface area contributed by atoms with Crippen LogP contribution in [0.3, 0.4) is 0 Å². The summed E-state index contributed by atoms with van der Waals surface area (Å²) in [6, 6.07) is 9.95. The summed E-state index contributed by atoms with van der Waals surface area (Å²) in [5, 5.41) is 8.58. The molecule has 0 N–H and O–H groups in total. The number of aryl methyl sites for hydroxylation is 2. The minimum atomic E-state index is 0.0459. The van der Waals surface area contributed by atoms with Gasteiger partial charge in [-0.3, -0.25) is 4.79 Å². The van der Waals surface area contributed by atoms with E-state index in [1.54, 1.807) is 7.11 Å². The number of hydrogen-bond acceptors (Lipinski definition) is 6. The average molecular weight is 400 g/mol. The van der Waals surface area contributed by atoms with Gasteiger partial charge in [0.15, 0.2) is 5.78 Å². The molecule has 0 aliphatic rings. The molecule has 6 nitrogen and oxygen atoms in total. The van der Waals surface area contributed by atoms with Crippen LogP contribution in [0.15, 0.2) is 40.0 Å². The smallest absolute Gasteiger partial charge is 0.277 e. The lowest BCUT2D eigenvalue weighted by molar-refractivity contribution is 0.102. The largest absolute Gasteiger partial charge is 0.411 e. The van der Waals surface area contributed by atoms with Gasteiger partial charge in [-0.15, -0.1) is 10.2 Å². The summed E-state index contributed by atoms with van der Waals surface area (Å²) in [5.74, 6) is 0.766. The fourth-order valence-corrected chi connectivity index (χ4v) is 4.09. The molecule has 0 aliphatic carbocycles. The van der Waals surface area contributed by atoms with Crippen LogP contribution in [0.2, 0.25) is 0 Å². The van der Waals surface area contributed by atoms with E-state index in [1.165, 1.54) is 11.8 Å². The van der Waals surface area contributed by atoms with Gasteiger partial charge in [0.05, 0.1) is 18.4 Å². The lowest BCUT2D eigenvalue weighted by Crippen LogP contribution is -2.14. The van der Waals surface area contributed by atoms with Gasteiger partial charge in [-0.05, 0) is 45.4 Å². The normalized spacial score (nSPS) is 12.3. The number of thioether (sulfide) groups is 1. The van der Waals surface area contributed by atoms with Crippen LogP contribution < -0.4 is 0 Å². The maximum Gasteiger partial charge on any atom is 0.277 e. The van der Waals surface area contributed by atoms with Crippen molar-refractivity contribution in [2.75, 3.05) is 19.5 Å². The van der Waals surface area contributed by atoms with Crippen LogP contribution in [-0.2, 0) is 4.74 Å². The predicted molar refractivity (Wildman–Crippen MR) is 110 cm³/mol. The Labute approximate surface area is 169 Å². The molecule has 1 unspecified atom stereocenters. The van der Waals surface area contributed by atoms with E-state index in [4.69, 9.17) is 9.15 Å². The van der Waals surface area contributed by atoms with Crippen molar-refractivity contribution in [3.8, 4) is 11.5 Å². The Morgan fingerprint density at radius 2 is 2.00 bits per heavy atom. The van der Waals surface area contributed by atoms with Crippen molar-refractivity contribution in [2.24, 2.45) is 0 Å². The number of methoxy groups -OCH3 is 1. The monoisotopic (exact) mass is 399 g/mol. The van der Waals surface area contributed by atoms with E-state index in [0.29, 0.717) is 17.7 Å². The molecule has 2 heterocycles. The van der Waals surface area contributed by atoms with Crippen LogP contribution in [-0.4, -0.2) is 40.0 Å². The first-order valence-corrected chi connectivity index (χ1v) is 10.1. The predicted octanol–water partition coefficient (Wildman–Crippen LogP) is 4.65. The molecule has 0 spiro atoms. The Hall–Kier alpha value is -2.38. The molecule has 0 amide bonds. The fraction of sp³-hybridized carbons (Fsp3) is 0.381. The minimum Gasteiger partial charge on any atom is -0.411 e. The van der Waals surface area contributed by atoms with Crippen LogP contribution in [0, 0.1) is 20.8 Å². The van der Waals surface area contributed by atoms with Crippen molar-refractivity contribution < 1.29 is 13.9 Å². The number of benzene rings is 1. The van der Waals surface area contributed by atoms with Gasteiger partial charge in [-0.2, -0.15) is 0 Å². The fourth-order valence-electron chi connectivity index (χ4n) is 3.45. The average Bonchev–Trinajstić information content (AvgIpc) is 3.24. The topological polar surface area (TPSA) is 70.2 Å². The Morgan fingerprint density at radius 3 is 2.71 bits per heavy atom. The Bertz CT molecular complexity index is 977. The van der Waals surface area contributed by atoms with E-state index in [-0.39, 0.29) is 17.6 Å². The molecule has 2 aromatic heterocycles. The van der Waals surface area contributed by atoms with E-state index < -0.39 is 0 Å². The zero-order chi connectivity index (χ0) is 20.3. The number of ketones is 1. The summed E-state index contributed by atoms with van der Waals surface area (Å²) in [6.45, 7) is 8.66. The number of carbonyl (C=O) groups excluding carboxylic acids is 1. The highest BCUT2D eigenvalue weighted by Gasteiger charge is 2.20. The summed E-state index contributed by atoms with van der Waals surface area (Å²) in [5.41, 5.74) is 4.71. The molecular formula is C21H25N3O3S. The summed E-state index contributed by atoms with van der Waals surface area (Å²) in [4.78, 5) is 12.8. The van der Waals surface area contributed by atoms with E-state index in [0.717, 1.165) is 28.1 Å². The number of nitrogens with zero attached hydrogens (tertiary/aromatic N) is 3. The lowest BCUT2D eigenvalue weighted by Gasteiger charge is -2.17. The van der Waals surface area contributed by atoms with E-state index in [9.17, 15) is 4.79 Å². The Balaban J connectivity index is 1.70. The third kappa shape index (κ3) is 4.20. The summed E-state index contributed by atoms with van der Waals surface area (Å²) in [7, 11) is 1.68. The number of hydrogen-bond donors (Lipinski definition) is 0. The second-order valence-electron chi connectivity index (χ2n) is 6.86. The number of carbonyl (C=O) groups is 1. The van der Waals surface area contributed by atoms with Crippen molar-refractivity contribution >= 4 is 17.5 Å². The standard InChI is InChI=1S/C21H25N3O3S/c1-13-8-6-7-9-17(13)20-22-23-21(27-20)28-12-19(25)18-10-14(2)24(16(18)4)15(3)11-26-5/h6-10,15H,11-12H2,1-5H3. The zero-order valence-electron chi connectivity index (χ0n) is 16.9. The van der Waals surface area contributed by atoms with Gasteiger partial charge < -0.3 is 13.7 Å². The van der Waals surface area contributed by atoms with Crippen LogP contribution in [0.25, 0.3) is 11.5 Å². The molecule has 0 radical (unpaired) electrons. The number of Topliss-reactive ketones (excluding diaryl/α,β-unsaturated/α-hetero) is 1. The van der Waals surface area contributed by atoms with Gasteiger partial charge in [0, 0.05) is 29.6 Å². The summed E-state index contributed by atoms with van der Waals surface area (Å²) < 4.78 is 13.1. The van der Waals surface area contributed by atoms with Crippen molar-refractivity contribution in [2.45, 2.75) is 39.0 Å². The molecule has 1 aromatic carbocycles. The first-order valence-electron chi connectivity index (χ1n) is 9.15. The molecule has 28 heavy (non-hydrogen) atoms. The van der Waals surface area contributed by atoms with E-state index in [2.05, 4.69) is 21.7 Å². The highest BCUT2D eigenvalue weighted by atomic mass is 32.2. The van der Waals surface area contributed by atoms with Crippen molar-refractivity contribution in [3.63, 3.8) is 0 Å². The molecule has 3 rings (SSSR count). The molecular weight excluding hydrogens is 374 g/mol. The molecule has 0 saturated carbocycles. The van der Waals surface area contributed by atoms with Crippen molar-refractivity contribution in [3.05, 3.63) is 52.8 Å². The summed E-state index contributed by atoms with van der Waals surface area (Å²) >= 11 is 1.26. The van der Waals surface area contributed by atoms with E-state index in [1.807, 2.05) is 51.1 Å². The van der Waals surface area contributed by atoms with Crippen molar-refractivity contribution in [1.29, 1.82) is 0 Å². The third-order valence-corrected chi connectivity index (χ3v) is 5.56.